The van der Waals surface area contributed by atoms with Crippen molar-refractivity contribution in [1.82, 2.24) is 14.8 Å². The molecular formula is C25H27N3O3. The van der Waals surface area contributed by atoms with Crippen LogP contribution in [-0.4, -0.2) is 57.4 Å². The summed E-state index contributed by atoms with van der Waals surface area (Å²) in [4.78, 5) is 33.4. The number of benzene rings is 2. The highest BCUT2D eigenvalue weighted by molar-refractivity contribution is 5.97. The van der Waals surface area contributed by atoms with Gasteiger partial charge in [-0.3, -0.25) is 9.59 Å². The maximum atomic E-state index is 13.3. The van der Waals surface area contributed by atoms with Gasteiger partial charge < -0.3 is 19.9 Å². The van der Waals surface area contributed by atoms with E-state index in [1.54, 1.807) is 4.90 Å². The smallest absolute Gasteiger partial charge is 0.246 e. The number of aliphatic hydroxyl groups excluding tert-OH is 1. The van der Waals surface area contributed by atoms with Gasteiger partial charge in [-0.15, -0.1) is 0 Å². The monoisotopic (exact) mass is 417 g/mol. The fourth-order valence-electron chi connectivity index (χ4n) is 5.04. The van der Waals surface area contributed by atoms with Gasteiger partial charge in [0.2, 0.25) is 11.8 Å². The van der Waals surface area contributed by atoms with Crippen molar-refractivity contribution in [3.8, 4) is 0 Å². The highest BCUT2D eigenvalue weighted by atomic mass is 16.3. The molecule has 6 heteroatoms. The SMILES string of the molecule is CC(C)c1ccc([C@H]2c3[nH]c4ccccc4c3C[C@@H]3C(=O)N(CCO)CC(=O)N23)cc1. The lowest BCUT2D eigenvalue weighted by Crippen LogP contribution is -2.63. The van der Waals surface area contributed by atoms with E-state index in [4.69, 9.17) is 0 Å². The van der Waals surface area contributed by atoms with Crippen molar-refractivity contribution in [2.24, 2.45) is 0 Å². The molecule has 6 nitrogen and oxygen atoms in total. The Morgan fingerprint density at radius 1 is 1.10 bits per heavy atom. The molecular weight excluding hydrogens is 390 g/mol. The molecule has 3 aromatic rings. The third kappa shape index (κ3) is 3.13. The third-order valence-corrected chi connectivity index (χ3v) is 6.63. The number of fused-ring (bicyclic) bond motifs is 4. The van der Waals surface area contributed by atoms with Crippen LogP contribution >= 0.6 is 0 Å². The number of amides is 2. The summed E-state index contributed by atoms with van der Waals surface area (Å²) in [6.07, 6.45) is 0.479. The number of hydrogen-bond acceptors (Lipinski definition) is 3. The van der Waals surface area contributed by atoms with E-state index in [9.17, 15) is 14.7 Å². The number of carbonyl (C=O) groups is 2. The van der Waals surface area contributed by atoms with Crippen LogP contribution in [0.4, 0.5) is 0 Å². The molecule has 5 rings (SSSR count). The number of β-amino-alcohol motifs (C(OH)–C–C–N with tert-alkyl or cyclic N) is 1. The summed E-state index contributed by atoms with van der Waals surface area (Å²) < 4.78 is 0. The topological polar surface area (TPSA) is 76.6 Å². The van der Waals surface area contributed by atoms with Crippen molar-refractivity contribution in [1.29, 1.82) is 0 Å². The van der Waals surface area contributed by atoms with E-state index >= 15 is 0 Å². The highest BCUT2D eigenvalue weighted by Crippen LogP contribution is 2.42. The summed E-state index contributed by atoms with van der Waals surface area (Å²) in [6.45, 7) is 4.35. The molecule has 1 aromatic heterocycles. The number of aromatic nitrogens is 1. The summed E-state index contributed by atoms with van der Waals surface area (Å²) in [7, 11) is 0. The predicted octanol–water partition coefficient (Wildman–Crippen LogP) is 2.97. The molecule has 2 aliphatic heterocycles. The summed E-state index contributed by atoms with van der Waals surface area (Å²) in [5.74, 6) is 0.246. The lowest BCUT2D eigenvalue weighted by molar-refractivity contribution is -0.159. The third-order valence-electron chi connectivity index (χ3n) is 6.63. The molecule has 0 saturated carbocycles. The summed E-state index contributed by atoms with van der Waals surface area (Å²) in [5.41, 5.74) is 5.35. The number of piperazine rings is 1. The van der Waals surface area contributed by atoms with Gasteiger partial charge >= 0.3 is 0 Å². The number of para-hydroxylation sites is 1. The minimum absolute atomic E-state index is 0.00598. The first kappa shape index (κ1) is 19.8. The fraction of sp³-hybridized carbons (Fsp3) is 0.360. The van der Waals surface area contributed by atoms with Gasteiger partial charge in [-0.2, -0.15) is 0 Å². The van der Waals surface area contributed by atoms with E-state index in [-0.39, 0.29) is 37.6 Å². The molecule has 0 aliphatic carbocycles. The van der Waals surface area contributed by atoms with E-state index in [1.165, 1.54) is 10.5 Å². The first-order valence-corrected chi connectivity index (χ1v) is 10.9. The van der Waals surface area contributed by atoms with Gasteiger partial charge in [0.25, 0.3) is 0 Å². The zero-order chi connectivity index (χ0) is 21.7. The van der Waals surface area contributed by atoms with Crippen molar-refractivity contribution in [3.63, 3.8) is 0 Å². The van der Waals surface area contributed by atoms with Crippen LogP contribution in [0.2, 0.25) is 0 Å². The number of hydrogen-bond donors (Lipinski definition) is 2. The van der Waals surface area contributed by atoms with Gasteiger partial charge in [0.15, 0.2) is 0 Å². The molecule has 160 valence electrons. The Kier molecular flexibility index (Phi) is 4.82. The Balaban J connectivity index is 1.67. The number of H-pyrrole nitrogens is 1. The molecule has 0 bridgehead atoms. The Morgan fingerprint density at radius 3 is 2.55 bits per heavy atom. The maximum absolute atomic E-state index is 13.3. The molecule has 2 N–H and O–H groups in total. The van der Waals surface area contributed by atoms with Crippen LogP contribution in [0.3, 0.4) is 0 Å². The van der Waals surface area contributed by atoms with E-state index in [0.717, 1.165) is 27.7 Å². The first-order valence-electron chi connectivity index (χ1n) is 10.9. The van der Waals surface area contributed by atoms with E-state index in [2.05, 4.69) is 49.2 Å². The molecule has 0 unspecified atom stereocenters. The summed E-state index contributed by atoms with van der Waals surface area (Å²) in [6, 6.07) is 15.6. The molecule has 31 heavy (non-hydrogen) atoms. The van der Waals surface area contributed by atoms with E-state index < -0.39 is 6.04 Å². The Morgan fingerprint density at radius 2 is 1.84 bits per heavy atom. The molecule has 2 atom stereocenters. The number of rotatable bonds is 4. The molecule has 2 aliphatic rings. The van der Waals surface area contributed by atoms with Crippen molar-refractivity contribution in [3.05, 3.63) is 70.9 Å². The standard InChI is InChI=1S/C25H27N3O3/c1-15(2)16-7-9-17(10-8-16)24-23-19(18-5-3-4-6-20(18)26-23)13-21-25(31)27(11-12-29)14-22(30)28(21)24/h3-10,15,21,24,26,29H,11-14H2,1-2H3/t21-,24+/m1/s1. The molecule has 1 fully saturated rings. The van der Waals surface area contributed by atoms with Gasteiger partial charge in [-0.25, -0.2) is 0 Å². The molecule has 2 aromatic carbocycles. The number of nitrogens with zero attached hydrogens (tertiary/aromatic N) is 2. The number of nitrogens with one attached hydrogen (secondary N) is 1. The molecule has 2 amide bonds. The first-order chi connectivity index (χ1) is 15.0. The zero-order valence-electron chi connectivity index (χ0n) is 17.8. The Labute approximate surface area is 181 Å². The second-order valence-electron chi connectivity index (χ2n) is 8.79. The lowest BCUT2D eigenvalue weighted by atomic mass is 9.85. The Hall–Kier alpha value is -3.12. The van der Waals surface area contributed by atoms with Crippen LogP contribution in [0.5, 0.6) is 0 Å². The zero-order valence-corrected chi connectivity index (χ0v) is 17.8. The van der Waals surface area contributed by atoms with Crippen molar-refractivity contribution < 1.29 is 14.7 Å². The largest absolute Gasteiger partial charge is 0.395 e. The number of carbonyl (C=O) groups excluding carboxylic acids is 2. The van der Waals surface area contributed by atoms with Crippen molar-refractivity contribution in [2.45, 2.75) is 38.3 Å². The van der Waals surface area contributed by atoms with E-state index in [1.807, 2.05) is 18.2 Å². The molecule has 1 saturated heterocycles. The predicted molar refractivity (Wildman–Crippen MR) is 119 cm³/mol. The van der Waals surface area contributed by atoms with Crippen LogP contribution < -0.4 is 0 Å². The summed E-state index contributed by atoms with van der Waals surface area (Å²) >= 11 is 0. The fourth-order valence-corrected chi connectivity index (χ4v) is 5.04. The van der Waals surface area contributed by atoms with Crippen LogP contribution in [-0.2, 0) is 16.0 Å². The minimum atomic E-state index is -0.561. The van der Waals surface area contributed by atoms with Crippen LogP contribution in [0.15, 0.2) is 48.5 Å². The minimum Gasteiger partial charge on any atom is -0.395 e. The van der Waals surface area contributed by atoms with Crippen LogP contribution in [0.1, 0.15) is 48.2 Å². The second kappa shape index (κ2) is 7.54. The second-order valence-corrected chi connectivity index (χ2v) is 8.79. The van der Waals surface area contributed by atoms with Crippen molar-refractivity contribution in [2.75, 3.05) is 19.7 Å². The van der Waals surface area contributed by atoms with Crippen LogP contribution in [0, 0.1) is 0 Å². The lowest BCUT2D eigenvalue weighted by Gasteiger charge is -2.47. The summed E-state index contributed by atoms with van der Waals surface area (Å²) in [5, 5.41) is 10.5. The normalized spacial score (nSPS) is 21.0. The Bertz CT molecular complexity index is 1150. The van der Waals surface area contributed by atoms with Gasteiger partial charge in [-0.1, -0.05) is 56.3 Å². The van der Waals surface area contributed by atoms with Crippen molar-refractivity contribution >= 4 is 22.7 Å². The van der Waals surface area contributed by atoms with Crippen LogP contribution in [0.25, 0.3) is 10.9 Å². The molecule has 0 spiro atoms. The van der Waals surface area contributed by atoms with Gasteiger partial charge in [0.05, 0.1) is 19.2 Å². The van der Waals surface area contributed by atoms with Gasteiger partial charge in [0, 0.05) is 29.6 Å². The number of aliphatic hydroxyl groups is 1. The molecule has 0 radical (unpaired) electrons. The number of aromatic amines is 1. The quantitative estimate of drug-likeness (QED) is 0.685. The van der Waals surface area contributed by atoms with Gasteiger partial charge in [-0.05, 0) is 28.7 Å². The van der Waals surface area contributed by atoms with E-state index in [0.29, 0.717) is 12.3 Å². The molecule has 3 heterocycles. The van der Waals surface area contributed by atoms with Gasteiger partial charge in [0.1, 0.15) is 6.04 Å². The average molecular weight is 418 g/mol. The highest BCUT2D eigenvalue weighted by Gasteiger charge is 2.48. The maximum Gasteiger partial charge on any atom is 0.246 e. The average Bonchev–Trinajstić information content (AvgIpc) is 3.14.